The molecule has 1 N–H and O–H groups in total. The van der Waals surface area contributed by atoms with Crippen LogP contribution in [0.1, 0.15) is 20.3 Å². The summed E-state index contributed by atoms with van der Waals surface area (Å²) in [6.07, 6.45) is 2.44. The van der Waals surface area contributed by atoms with E-state index in [0.717, 1.165) is 12.0 Å². The summed E-state index contributed by atoms with van der Waals surface area (Å²) in [6, 6.07) is 0. The molecule has 0 fully saturated rings. The summed E-state index contributed by atoms with van der Waals surface area (Å²) in [7, 11) is 0. The average Bonchev–Trinajstić information content (AvgIpc) is 1.78. The zero-order valence-electron chi connectivity index (χ0n) is 6.66. The molecule has 1 rings (SSSR count). The lowest BCUT2D eigenvalue weighted by Crippen LogP contribution is -2.21. The van der Waals surface area contributed by atoms with Gasteiger partial charge < -0.3 is 5.11 Å². The predicted octanol–water partition coefficient (Wildman–Crippen LogP) is 1.46. The van der Waals surface area contributed by atoms with Crippen LogP contribution in [0.2, 0.25) is 0 Å². The van der Waals surface area contributed by atoms with E-state index in [0.29, 0.717) is 5.92 Å². The Balaban J connectivity index is 2.47. The van der Waals surface area contributed by atoms with Crippen LogP contribution in [0.25, 0.3) is 0 Å². The molecule has 0 spiro atoms. The number of carbonyl (C=O) groups is 1. The lowest BCUT2D eigenvalue weighted by molar-refractivity contribution is -0.129. The van der Waals surface area contributed by atoms with E-state index in [-0.39, 0.29) is 5.71 Å². The zero-order valence-corrected chi connectivity index (χ0v) is 6.66. The molecule has 0 aliphatic carbocycles. The van der Waals surface area contributed by atoms with Crippen molar-refractivity contribution in [1.29, 1.82) is 0 Å². The van der Waals surface area contributed by atoms with E-state index in [1.165, 1.54) is 0 Å². The summed E-state index contributed by atoms with van der Waals surface area (Å²) in [5.41, 5.74) is 1.10. The van der Waals surface area contributed by atoms with Gasteiger partial charge in [0.1, 0.15) is 0 Å². The summed E-state index contributed by atoms with van der Waals surface area (Å²) in [6.45, 7) is 4.11. The Morgan fingerprint density at radius 3 is 2.64 bits per heavy atom. The SMILES string of the molecule is CC(C)CC1=CN=C1C(=O)O. The van der Waals surface area contributed by atoms with E-state index in [2.05, 4.69) is 18.8 Å². The highest BCUT2D eigenvalue weighted by atomic mass is 16.4. The Kier molecular flexibility index (Phi) is 2.08. The van der Waals surface area contributed by atoms with Gasteiger partial charge in [0.05, 0.1) is 0 Å². The highest BCUT2D eigenvalue weighted by Crippen LogP contribution is 2.18. The molecular formula is C8H11NO2. The number of aliphatic imine (C=N–C) groups is 1. The van der Waals surface area contributed by atoms with Crippen molar-refractivity contribution in [2.24, 2.45) is 10.9 Å². The Morgan fingerprint density at radius 2 is 2.36 bits per heavy atom. The number of aliphatic carboxylic acids is 1. The molecule has 0 aromatic carbocycles. The van der Waals surface area contributed by atoms with Gasteiger partial charge in [-0.05, 0) is 12.3 Å². The van der Waals surface area contributed by atoms with E-state index in [1.807, 2.05) is 0 Å². The largest absolute Gasteiger partial charge is 0.477 e. The summed E-state index contributed by atoms with van der Waals surface area (Å²) in [4.78, 5) is 14.1. The van der Waals surface area contributed by atoms with Crippen molar-refractivity contribution in [1.82, 2.24) is 0 Å². The first-order valence-corrected chi connectivity index (χ1v) is 3.61. The molecule has 1 aliphatic rings. The molecule has 1 heterocycles. The van der Waals surface area contributed by atoms with Crippen LogP contribution in [0.15, 0.2) is 16.8 Å². The van der Waals surface area contributed by atoms with Crippen LogP contribution < -0.4 is 0 Å². The Morgan fingerprint density at radius 1 is 1.73 bits per heavy atom. The maximum atomic E-state index is 10.4. The molecule has 3 heteroatoms. The smallest absolute Gasteiger partial charge is 0.354 e. The van der Waals surface area contributed by atoms with Crippen molar-refractivity contribution in [3.8, 4) is 0 Å². The van der Waals surface area contributed by atoms with Crippen molar-refractivity contribution in [3.63, 3.8) is 0 Å². The third kappa shape index (κ3) is 1.67. The van der Waals surface area contributed by atoms with Crippen molar-refractivity contribution >= 4 is 11.7 Å². The van der Waals surface area contributed by atoms with Crippen molar-refractivity contribution in [3.05, 3.63) is 11.8 Å². The number of hydrogen-bond donors (Lipinski definition) is 1. The molecule has 0 atom stereocenters. The molecular weight excluding hydrogens is 142 g/mol. The summed E-state index contributed by atoms with van der Waals surface area (Å²) in [5.74, 6) is -0.422. The van der Waals surface area contributed by atoms with Gasteiger partial charge >= 0.3 is 5.97 Å². The van der Waals surface area contributed by atoms with Crippen LogP contribution >= 0.6 is 0 Å². The molecule has 0 radical (unpaired) electrons. The molecule has 0 saturated heterocycles. The van der Waals surface area contributed by atoms with Crippen molar-refractivity contribution in [2.45, 2.75) is 20.3 Å². The molecule has 0 amide bonds. The van der Waals surface area contributed by atoms with Crippen LogP contribution in [0.5, 0.6) is 0 Å². The van der Waals surface area contributed by atoms with Gasteiger partial charge in [-0.3, -0.25) is 0 Å². The second-order valence-corrected chi connectivity index (χ2v) is 3.04. The fourth-order valence-electron chi connectivity index (χ4n) is 1.00. The minimum Gasteiger partial charge on any atom is -0.477 e. The molecule has 0 saturated carbocycles. The van der Waals surface area contributed by atoms with Gasteiger partial charge in [0, 0.05) is 11.8 Å². The molecule has 3 nitrogen and oxygen atoms in total. The number of nitrogens with zero attached hydrogens (tertiary/aromatic N) is 1. The van der Waals surface area contributed by atoms with Crippen molar-refractivity contribution < 1.29 is 9.90 Å². The molecule has 11 heavy (non-hydrogen) atoms. The maximum Gasteiger partial charge on any atom is 0.354 e. The van der Waals surface area contributed by atoms with Gasteiger partial charge in [-0.1, -0.05) is 13.8 Å². The van der Waals surface area contributed by atoms with E-state index in [9.17, 15) is 4.79 Å². The lowest BCUT2D eigenvalue weighted by Gasteiger charge is -2.13. The summed E-state index contributed by atoms with van der Waals surface area (Å²) < 4.78 is 0. The average molecular weight is 153 g/mol. The first-order chi connectivity index (χ1) is 5.11. The molecule has 0 aromatic heterocycles. The third-order valence-corrected chi connectivity index (χ3v) is 1.48. The lowest BCUT2D eigenvalue weighted by atomic mass is 9.97. The van der Waals surface area contributed by atoms with Gasteiger partial charge in [-0.25, -0.2) is 9.79 Å². The van der Waals surface area contributed by atoms with Crippen LogP contribution in [-0.2, 0) is 4.79 Å². The quantitative estimate of drug-likeness (QED) is 0.667. The summed E-state index contributed by atoms with van der Waals surface area (Å²) >= 11 is 0. The van der Waals surface area contributed by atoms with Crippen LogP contribution in [-0.4, -0.2) is 16.8 Å². The van der Waals surface area contributed by atoms with Gasteiger partial charge in [0.15, 0.2) is 5.71 Å². The number of rotatable bonds is 3. The first-order valence-electron chi connectivity index (χ1n) is 3.61. The molecule has 1 aliphatic heterocycles. The summed E-state index contributed by atoms with van der Waals surface area (Å²) in [5, 5.41) is 8.54. The van der Waals surface area contributed by atoms with E-state index in [4.69, 9.17) is 5.11 Å². The third-order valence-electron chi connectivity index (χ3n) is 1.48. The Labute approximate surface area is 65.4 Å². The van der Waals surface area contributed by atoms with Crippen LogP contribution in [0.3, 0.4) is 0 Å². The van der Waals surface area contributed by atoms with Gasteiger partial charge in [-0.15, -0.1) is 0 Å². The highest BCUT2D eigenvalue weighted by Gasteiger charge is 2.20. The van der Waals surface area contributed by atoms with Crippen molar-refractivity contribution in [2.75, 3.05) is 0 Å². The Hall–Kier alpha value is -1.12. The minimum absolute atomic E-state index is 0.235. The molecule has 60 valence electrons. The minimum atomic E-state index is -0.914. The standard InChI is InChI=1S/C8H11NO2/c1-5(2)3-6-4-9-7(6)8(10)11/h4-5H,3H2,1-2H3,(H,10,11). The van der Waals surface area contributed by atoms with Crippen LogP contribution in [0, 0.1) is 5.92 Å². The first kappa shape index (κ1) is 7.98. The normalized spacial score (nSPS) is 15.5. The van der Waals surface area contributed by atoms with Gasteiger partial charge in [0.2, 0.25) is 0 Å². The maximum absolute atomic E-state index is 10.4. The Bertz CT molecular complexity index is 238. The second kappa shape index (κ2) is 2.86. The second-order valence-electron chi connectivity index (χ2n) is 3.04. The molecule has 0 aromatic rings. The monoisotopic (exact) mass is 153 g/mol. The predicted molar refractivity (Wildman–Crippen MR) is 42.6 cm³/mol. The topological polar surface area (TPSA) is 49.7 Å². The van der Waals surface area contributed by atoms with Gasteiger partial charge in [-0.2, -0.15) is 0 Å². The fourth-order valence-corrected chi connectivity index (χ4v) is 1.00. The molecule has 0 unspecified atom stereocenters. The van der Waals surface area contributed by atoms with E-state index < -0.39 is 5.97 Å². The number of carboxylic acids is 1. The molecule has 0 bridgehead atoms. The van der Waals surface area contributed by atoms with Crippen LogP contribution in [0.4, 0.5) is 0 Å². The fraction of sp³-hybridized carbons (Fsp3) is 0.500. The highest BCUT2D eigenvalue weighted by molar-refractivity contribution is 6.44. The van der Waals surface area contributed by atoms with Gasteiger partial charge in [0.25, 0.3) is 0 Å². The number of carboxylic acid groups (broad SMARTS) is 1. The van der Waals surface area contributed by atoms with E-state index >= 15 is 0 Å². The number of hydrogen-bond acceptors (Lipinski definition) is 2. The van der Waals surface area contributed by atoms with E-state index in [1.54, 1.807) is 6.20 Å². The zero-order chi connectivity index (χ0) is 8.43.